The minimum atomic E-state index is -0.195. The summed E-state index contributed by atoms with van der Waals surface area (Å²) in [5, 5.41) is 11.9. The van der Waals surface area contributed by atoms with E-state index in [-0.39, 0.29) is 12.4 Å². The molecular weight excluding hydrogens is 225 g/mol. The Morgan fingerprint density at radius 3 is 2.94 bits per heavy atom. The van der Waals surface area contributed by atoms with Crippen LogP contribution in [0.25, 0.3) is 0 Å². The SMILES string of the molecule is CCNCc1cc(F)ccc1SCCCO. The van der Waals surface area contributed by atoms with Crippen molar-refractivity contribution in [3.05, 3.63) is 29.6 Å². The Hall–Kier alpha value is -0.580. The Kier molecular flexibility index (Phi) is 6.45. The van der Waals surface area contributed by atoms with E-state index < -0.39 is 0 Å². The second-order valence-corrected chi connectivity index (χ2v) is 4.59. The summed E-state index contributed by atoms with van der Waals surface area (Å²) < 4.78 is 13.1. The van der Waals surface area contributed by atoms with Gasteiger partial charge in [0.15, 0.2) is 0 Å². The van der Waals surface area contributed by atoms with Crippen molar-refractivity contribution in [1.82, 2.24) is 5.32 Å². The van der Waals surface area contributed by atoms with Crippen LogP contribution in [0.3, 0.4) is 0 Å². The Labute approximate surface area is 100 Å². The van der Waals surface area contributed by atoms with Gasteiger partial charge in [-0.3, -0.25) is 0 Å². The molecule has 0 aliphatic rings. The molecule has 2 nitrogen and oxygen atoms in total. The third-order valence-electron chi connectivity index (χ3n) is 2.15. The molecule has 1 aromatic carbocycles. The average Bonchev–Trinajstić information content (AvgIpc) is 2.29. The molecule has 0 heterocycles. The van der Waals surface area contributed by atoms with Gasteiger partial charge in [0, 0.05) is 23.8 Å². The van der Waals surface area contributed by atoms with Gasteiger partial charge in [0.05, 0.1) is 0 Å². The fraction of sp³-hybridized carbons (Fsp3) is 0.500. The fourth-order valence-electron chi connectivity index (χ4n) is 1.33. The maximum Gasteiger partial charge on any atom is 0.123 e. The number of thioether (sulfide) groups is 1. The summed E-state index contributed by atoms with van der Waals surface area (Å²) in [6.07, 6.45) is 0.767. The number of aliphatic hydroxyl groups is 1. The van der Waals surface area contributed by atoms with Gasteiger partial charge in [-0.25, -0.2) is 4.39 Å². The predicted octanol–water partition coefficient (Wildman–Crippen LogP) is 2.41. The molecule has 0 bridgehead atoms. The van der Waals surface area contributed by atoms with E-state index in [1.807, 2.05) is 13.0 Å². The molecule has 90 valence electrons. The Morgan fingerprint density at radius 1 is 1.44 bits per heavy atom. The molecule has 0 amide bonds. The number of rotatable bonds is 7. The standard InChI is InChI=1S/C12H18FNOS/c1-2-14-9-10-8-11(13)4-5-12(10)16-7-3-6-15/h4-5,8,14-15H,2-3,6-7,9H2,1H3. The minimum absolute atomic E-state index is 0.195. The van der Waals surface area contributed by atoms with Crippen LogP contribution in [0.1, 0.15) is 18.9 Å². The van der Waals surface area contributed by atoms with Crippen molar-refractivity contribution in [2.24, 2.45) is 0 Å². The number of aliphatic hydroxyl groups excluding tert-OH is 1. The monoisotopic (exact) mass is 243 g/mol. The molecule has 0 aliphatic carbocycles. The Morgan fingerprint density at radius 2 is 2.25 bits per heavy atom. The van der Waals surface area contributed by atoms with E-state index in [1.54, 1.807) is 17.8 Å². The van der Waals surface area contributed by atoms with Crippen molar-refractivity contribution >= 4 is 11.8 Å². The van der Waals surface area contributed by atoms with E-state index >= 15 is 0 Å². The van der Waals surface area contributed by atoms with Gasteiger partial charge in [0.25, 0.3) is 0 Å². The van der Waals surface area contributed by atoms with E-state index in [4.69, 9.17) is 5.11 Å². The molecule has 0 saturated heterocycles. The van der Waals surface area contributed by atoms with Gasteiger partial charge in [0.2, 0.25) is 0 Å². The van der Waals surface area contributed by atoms with Crippen LogP contribution < -0.4 is 5.32 Å². The van der Waals surface area contributed by atoms with Crippen LogP contribution in [0.5, 0.6) is 0 Å². The molecule has 2 N–H and O–H groups in total. The normalized spacial score (nSPS) is 10.7. The van der Waals surface area contributed by atoms with Crippen molar-refractivity contribution in [3.63, 3.8) is 0 Å². The van der Waals surface area contributed by atoms with Crippen LogP contribution in [0.15, 0.2) is 23.1 Å². The van der Waals surface area contributed by atoms with Gasteiger partial charge in [-0.05, 0) is 36.7 Å². The molecule has 0 atom stereocenters. The summed E-state index contributed by atoms with van der Waals surface area (Å²) in [4.78, 5) is 1.09. The lowest BCUT2D eigenvalue weighted by molar-refractivity contribution is 0.296. The summed E-state index contributed by atoms with van der Waals surface area (Å²) in [5.41, 5.74) is 0.991. The van der Waals surface area contributed by atoms with Crippen molar-refractivity contribution in [3.8, 4) is 0 Å². The molecule has 0 fully saturated rings. The molecule has 0 saturated carbocycles. The second kappa shape index (κ2) is 7.65. The maximum absolute atomic E-state index is 13.1. The third kappa shape index (κ3) is 4.51. The smallest absolute Gasteiger partial charge is 0.123 e. The van der Waals surface area contributed by atoms with Gasteiger partial charge in [-0.15, -0.1) is 11.8 Å². The van der Waals surface area contributed by atoms with Gasteiger partial charge in [0.1, 0.15) is 5.82 Å². The van der Waals surface area contributed by atoms with Gasteiger partial charge in [-0.1, -0.05) is 6.92 Å². The molecule has 0 aliphatic heterocycles. The quantitative estimate of drug-likeness (QED) is 0.570. The molecule has 0 radical (unpaired) electrons. The molecule has 0 spiro atoms. The van der Waals surface area contributed by atoms with Crippen LogP contribution in [-0.2, 0) is 6.54 Å². The zero-order valence-electron chi connectivity index (χ0n) is 9.50. The predicted molar refractivity (Wildman–Crippen MR) is 66.2 cm³/mol. The summed E-state index contributed by atoms with van der Waals surface area (Å²) in [6, 6.07) is 4.87. The second-order valence-electron chi connectivity index (χ2n) is 3.46. The van der Waals surface area contributed by atoms with Gasteiger partial charge >= 0.3 is 0 Å². The van der Waals surface area contributed by atoms with E-state index in [1.165, 1.54) is 6.07 Å². The lowest BCUT2D eigenvalue weighted by Gasteiger charge is -2.09. The van der Waals surface area contributed by atoms with Crippen molar-refractivity contribution in [2.45, 2.75) is 24.8 Å². The molecule has 1 aromatic rings. The first-order valence-corrected chi connectivity index (χ1v) is 6.49. The number of hydrogen-bond acceptors (Lipinski definition) is 3. The lowest BCUT2D eigenvalue weighted by atomic mass is 10.2. The van der Waals surface area contributed by atoms with E-state index in [0.29, 0.717) is 6.54 Å². The van der Waals surface area contributed by atoms with Gasteiger partial charge in [-0.2, -0.15) is 0 Å². The topological polar surface area (TPSA) is 32.3 Å². The summed E-state index contributed by atoms with van der Waals surface area (Å²) in [5.74, 6) is 0.667. The highest BCUT2D eigenvalue weighted by atomic mass is 32.2. The highest BCUT2D eigenvalue weighted by molar-refractivity contribution is 7.99. The number of halogens is 1. The largest absolute Gasteiger partial charge is 0.396 e. The van der Waals surface area contributed by atoms with Crippen LogP contribution in [-0.4, -0.2) is 24.0 Å². The highest BCUT2D eigenvalue weighted by Gasteiger charge is 2.04. The zero-order chi connectivity index (χ0) is 11.8. The summed E-state index contributed by atoms with van der Waals surface area (Å²) >= 11 is 1.66. The maximum atomic E-state index is 13.1. The average molecular weight is 243 g/mol. The molecular formula is C12H18FNOS. The molecule has 16 heavy (non-hydrogen) atoms. The first-order valence-electron chi connectivity index (χ1n) is 5.50. The molecule has 1 rings (SSSR count). The van der Waals surface area contributed by atoms with Crippen LogP contribution in [0.2, 0.25) is 0 Å². The van der Waals surface area contributed by atoms with Crippen molar-refractivity contribution in [2.75, 3.05) is 18.9 Å². The van der Waals surface area contributed by atoms with E-state index in [2.05, 4.69) is 5.32 Å². The first kappa shape index (κ1) is 13.5. The van der Waals surface area contributed by atoms with Crippen LogP contribution in [0.4, 0.5) is 4.39 Å². The highest BCUT2D eigenvalue weighted by Crippen LogP contribution is 2.24. The minimum Gasteiger partial charge on any atom is -0.396 e. The van der Waals surface area contributed by atoms with E-state index in [0.717, 1.165) is 29.2 Å². The lowest BCUT2D eigenvalue weighted by Crippen LogP contribution is -2.12. The van der Waals surface area contributed by atoms with Crippen molar-refractivity contribution < 1.29 is 9.50 Å². The first-order chi connectivity index (χ1) is 7.77. The molecule has 0 aromatic heterocycles. The fourth-order valence-corrected chi connectivity index (χ4v) is 2.31. The van der Waals surface area contributed by atoms with Gasteiger partial charge < -0.3 is 10.4 Å². The Bertz CT molecular complexity index is 320. The molecule has 0 unspecified atom stereocenters. The van der Waals surface area contributed by atoms with Crippen LogP contribution >= 0.6 is 11.8 Å². The van der Waals surface area contributed by atoms with E-state index in [9.17, 15) is 4.39 Å². The summed E-state index contributed by atoms with van der Waals surface area (Å²) in [7, 11) is 0. The summed E-state index contributed by atoms with van der Waals surface area (Å²) in [6.45, 7) is 3.79. The Balaban J connectivity index is 2.64. The number of hydrogen-bond donors (Lipinski definition) is 2. The zero-order valence-corrected chi connectivity index (χ0v) is 10.3. The third-order valence-corrected chi connectivity index (χ3v) is 3.35. The molecule has 4 heteroatoms. The van der Waals surface area contributed by atoms with Crippen molar-refractivity contribution in [1.29, 1.82) is 0 Å². The number of benzene rings is 1. The number of nitrogens with one attached hydrogen (secondary N) is 1. The van der Waals surface area contributed by atoms with Crippen LogP contribution in [0, 0.1) is 5.82 Å².